The summed E-state index contributed by atoms with van der Waals surface area (Å²) in [4.78, 5) is 22.8. The largest absolute Gasteiger partial charge is 0.326 e. The quantitative estimate of drug-likeness (QED) is 0.850. The lowest BCUT2D eigenvalue weighted by Crippen LogP contribution is -2.09. The van der Waals surface area contributed by atoms with Crippen molar-refractivity contribution in [3.8, 4) is 0 Å². The van der Waals surface area contributed by atoms with Gasteiger partial charge in [-0.25, -0.2) is 4.39 Å². The van der Waals surface area contributed by atoms with Crippen LogP contribution < -0.4 is 10.6 Å². The standard InChI is InChI=1S/C17H15FN2O2/c1-12(21)19-14-6-4-7-15(11-14)20-17(22)10-9-13-5-2-3-8-16(13)18/h2-11H,1H3,(H,19,21)(H,20,22). The van der Waals surface area contributed by atoms with E-state index >= 15 is 0 Å². The second-order valence-corrected chi connectivity index (χ2v) is 4.61. The van der Waals surface area contributed by atoms with Gasteiger partial charge in [0, 0.05) is 29.9 Å². The summed E-state index contributed by atoms with van der Waals surface area (Å²) in [5.41, 5.74) is 1.46. The molecule has 0 bridgehead atoms. The van der Waals surface area contributed by atoms with E-state index in [4.69, 9.17) is 0 Å². The summed E-state index contributed by atoms with van der Waals surface area (Å²) in [5.74, 6) is -0.967. The Bertz CT molecular complexity index is 726. The molecule has 0 spiro atoms. The fourth-order valence-corrected chi connectivity index (χ4v) is 1.84. The van der Waals surface area contributed by atoms with Crippen LogP contribution in [0.4, 0.5) is 15.8 Å². The van der Waals surface area contributed by atoms with E-state index < -0.39 is 0 Å². The van der Waals surface area contributed by atoms with Crippen LogP contribution in [0.1, 0.15) is 12.5 Å². The van der Waals surface area contributed by atoms with Crippen LogP contribution in [0.25, 0.3) is 6.08 Å². The number of benzene rings is 2. The third kappa shape index (κ3) is 4.56. The number of carbonyl (C=O) groups excluding carboxylic acids is 2. The van der Waals surface area contributed by atoms with Crippen LogP contribution in [-0.4, -0.2) is 11.8 Å². The molecule has 2 aromatic rings. The molecular weight excluding hydrogens is 283 g/mol. The summed E-state index contributed by atoms with van der Waals surface area (Å²) in [6, 6.07) is 12.9. The van der Waals surface area contributed by atoms with Crippen molar-refractivity contribution in [1.29, 1.82) is 0 Å². The molecule has 2 N–H and O–H groups in total. The summed E-state index contributed by atoms with van der Waals surface area (Å²) < 4.78 is 13.4. The number of anilines is 2. The van der Waals surface area contributed by atoms with Crippen molar-refractivity contribution in [3.63, 3.8) is 0 Å². The summed E-state index contributed by atoms with van der Waals surface area (Å²) in [7, 11) is 0. The van der Waals surface area contributed by atoms with Crippen molar-refractivity contribution in [2.24, 2.45) is 0 Å². The van der Waals surface area contributed by atoms with E-state index in [0.29, 0.717) is 16.9 Å². The fraction of sp³-hybridized carbons (Fsp3) is 0.0588. The molecule has 5 heteroatoms. The van der Waals surface area contributed by atoms with Gasteiger partial charge in [0.1, 0.15) is 5.82 Å². The molecule has 0 radical (unpaired) electrons. The molecule has 0 atom stereocenters. The van der Waals surface area contributed by atoms with Crippen LogP contribution >= 0.6 is 0 Å². The third-order valence-electron chi connectivity index (χ3n) is 2.77. The molecule has 0 aromatic heterocycles. The maximum Gasteiger partial charge on any atom is 0.248 e. The zero-order valence-corrected chi connectivity index (χ0v) is 12.0. The predicted octanol–water partition coefficient (Wildman–Crippen LogP) is 3.44. The van der Waals surface area contributed by atoms with Crippen LogP contribution in [0, 0.1) is 5.82 Å². The molecule has 0 fully saturated rings. The first kappa shape index (κ1) is 15.4. The van der Waals surface area contributed by atoms with Gasteiger partial charge in [-0.3, -0.25) is 9.59 Å². The van der Waals surface area contributed by atoms with Crippen molar-refractivity contribution >= 4 is 29.3 Å². The maximum atomic E-state index is 13.4. The van der Waals surface area contributed by atoms with Crippen molar-refractivity contribution in [1.82, 2.24) is 0 Å². The number of hydrogen-bond donors (Lipinski definition) is 2. The Morgan fingerprint density at radius 3 is 2.36 bits per heavy atom. The van der Waals surface area contributed by atoms with Gasteiger partial charge in [-0.2, -0.15) is 0 Å². The van der Waals surface area contributed by atoms with Gasteiger partial charge in [0.05, 0.1) is 0 Å². The van der Waals surface area contributed by atoms with Crippen LogP contribution in [0.15, 0.2) is 54.6 Å². The predicted molar refractivity (Wildman–Crippen MR) is 84.8 cm³/mol. The molecule has 0 heterocycles. The highest BCUT2D eigenvalue weighted by molar-refractivity contribution is 6.02. The Labute approximate surface area is 127 Å². The SMILES string of the molecule is CC(=O)Nc1cccc(NC(=O)C=Cc2ccccc2F)c1. The average Bonchev–Trinajstić information content (AvgIpc) is 2.46. The molecule has 4 nitrogen and oxygen atoms in total. The topological polar surface area (TPSA) is 58.2 Å². The molecule has 0 unspecified atom stereocenters. The minimum atomic E-state index is -0.390. The molecule has 0 aliphatic carbocycles. The number of rotatable bonds is 4. The van der Waals surface area contributed by atoms with E-state index in [0.717, 1.165) is 0 Å². The van der Waals surface area contributed by atoms with Crippen molar-refractivity contribution in [2.45, 2.75) is 6.92 Å². The van der Waals surface area contributed by atoms with Gasteiger partial charge in [-0.1, -0.05) is 24.3 Å². The Hall–Kier alpha value is -2.95. The van der Waals surface area contributed by atoms with Crippen molar-refractivity contribution in [2.75, 3.05) is 10.6 Å². The average molecular weight is 298 g/mol. The monoisotopic (exact) mass is 298 g/mol. The lowest BCUT2D eigenvalue weighted by atomic mass is 10.2. The highest BCUT2D eigenvalue weighted by Crippen LogP contribution is 2.15. The molecule has 0 aliphatic rings. The summed E-state index contributed by atoms with van der Waals surface area (Å²) >= 11 is 0. The smallest absolute Gasteiger partial charge is 0.248 e. The van der Waals surface area contributed by atoms with Crippen LogP contribution in [0.2, 0.25) is 0 Å². The van der Waals surface area contributed by atoms with Gasteiger partial charge >= 0.3 is 0 Å². The molecule has 2 amide bonds. The van der Waals surface area contributed by atoms with Crippen molar-refractivity contribution < 1.29 is 14.0 Å². The number of hydrogen-bond acceptors (Lipinski definition) is 2. The van der Waals surface area contributed by atoms with Crippen molar-refractivity contribution in [3.05, 3.63) is 66.0 Å². The molecule has 0 saturated heterocycles. The van der Waals surface area contributed by atoms with Gasteiger partial charge in [-0.15, -0.1) is 0 Å². The minimum Gasteiger partial charge on any atom is -0.326 e. The van der Waals surface area contributed by atoms with E-state index in [9.17, 15) is 14.0 Å². The normalized spacial score (nSPS) is 10.5. The van der Waals surface area contributed by atoms with E-state index in [1.165, 1.54) is 25.1 Å². The number of amides is 2. The Balaban J connectivity index is 2.03. The van der Waals surface area contributed by atoms with Gasteiger partial charge in [-0.05, 0) is 30.3 Å². The highest BCUT2D eigenvalue weighted by atomic mass is 19.1. The minimum absolute atomic E-state index is 0.192. The lowest BCUT2D eigenvalue weighted by molar-refractivity contribution is -0.114. The summed E-state index contributed by atoms with van der Waals surface area (Å²) in [5, 5.41) is 5.27. The number of carbonyl (C=O) groups is 2. The molecule has 2 rings (SSSR count). The first-order valence-corrected chi connectivity index (χ1v) is 6.66. The van der Waals surface area contributed by atoms with Gasteiger partial charge in [0.2, 0.25) is 11.8 Å². The zero-order valence-electron chi connectivity index (χ0n) is 12.0. The first-order valence-electron chi connectivity index (χ1n) is 6.66. The third-order valence-corrected chi connectivity index (χ3v) is 2.77. The number of halogens is 1. The summed E-state index contributed by atoms with van der Waals surface area (Å²) in [6.45, 7) is 1.41. The highest BCUT2D eigenvalue weighted by Gasteiger charge is 2.02. The second-order valence-electron chi connectivity index (χ2n) is 4.61. The van der Waals surface area contributed by atoms with Gasteiger partial charge in [0.25, 0.3) is 0 Å². The van der Waals surface area contributed by atoms with Crippen LogP contribution in [0.5, 0.6) is 0 Å². The Kier molecular flexibility index (Phi) is 5.03. The molecule has 0 saturated carbocycles. The Morgan fingerprint density at radius 1 is 1.00 bits per heavy atom. The maximum absolute atomic E-state index is 13.4. The van der Waals surface area contributed by atoms with E-state index in [2.05, 4.69) is 10.6 Å². The molecule has 22 heavy (non-hydrogen) atoms. The molecule has 0 aliphatic heterocycles. The molecular formula is C17H15FN2O2. The molecule has 112 valence electrons. The van der Waals surface area contributed by atoms with Crippen LogP contribution in [0.3, 0.4) is 0 Å². The molecule has 2 aromatic carbocycles. The van der Waals surface area contributed by atoms with E-state index in [-0.39, 0.29) is 17.6 Å². The van der Waals surface area contributed by atoms with Gasteiger partial charge < -0.3 is 10.6 Å². The second kappa shape index (κ2) is 7.17. The first-order chi connectivity index (χ1) is 10.5. The fourth-order valence-electron chi connectivity index (χ4n) is 1.84. The van der Waals surface area contributed by atoms with E-state index in [1.807, 2.05) is 0 Å². The van der Waals surface area contributed by atoms with Crippen LogP contribution in [-0.2, 0) is 9.59 Å². The summed E-state index contributed by atoms with van der Waals surface area (Å²) in [6.07, 6.45) is 2.66. The Morgan fingerprint density at radius 2 is 1.68 bits per heavy atom. The zero-order chi connectivity index (χ0) is 15.9. The van der Waals surface area contributed by atoms with E-state index in [1.54, 1.807) is 42.5 Å². The lowest BCUT2D eigenvalue weighted by Gasteiger charge is -2.06. The number of nitrogens with one attached hydrogen (secondary N) is 2. The van der Waals surface area contributed by atoms with Gasteiger partial charge in [0.15, 0.2) is 0 Å².